The lowest BCUT2D eigenvalue weighted by Gasteiger charge is -2.07. The predicted octanol–water partition coefficient (Wildman–Crippen LogP) is 3.75. The molecule has 0 spiro atoms. The Morgan fingerprint density at radius 1 is 1.28 bits per heavy atom. The Labute approximate surface area is 109 Å². The van der Waals surface area contributed by atoms with Crippen LogP contribution >= 0.6 is 0 Å². The molecule has 0 aliphatic heterocycles. The maximum absolute atomic E-state index is 11.8. The summed E-state index contributed by atoms with van der Waals surface area (Å²) >= 11 is 0. The molecule has 0 saturated heterocycles. The van der Waals surface area contributed by atoms with E-state index in [0.29, 0.717) is 0 Å². The van der Waals surface area contributed by atoms with Gasteiger partial charge in [0.1, 0.15) is 0 Å². The fourth-order valence-corrected chi connectivity index (χ4v) is 2.58. The number of hydrogen-bond acceptors (Lipinski definition) is 2. The molecular weight excluding hydrogens is 224 g/mol. The van der Waals surface area contributed by atoms with E-state index >= 15 is 0 Å². The minimum absolute atomic E-state index is 0.169. The molecule has 96 valence electrons. The number of hydrogen-bond donors (Lipinski definition) is 0. The van der Waals surface area contributed by atoms with Crippen molar-refractivity contribution in [2.24, 2.45) is 0 Å². The van der Waals surface area contributed by atoms with Gasteiger partial charge in [-0.1, -0.05) is 44.0 Å². The molecule has 1 aliphatic carbocycles. The van der Waals surface area contributed by atoms with Gasteiger partial charge in [-0.3, -0.25) is 0 Å². The van der Waals surface area contributed by atoms with Gasteiger partial charge in [0.15, 0.2) is 0 Å². The Bertz CT molecular complexity index is 472. The van der Waals surface area contributed by atoms with E-state index in [1.165, 1.54) is 36.7 Å². The number of esters is 1. The van der Waals surface area contributed by atoms with Gasteiger partial charge in [-0.25, -0.2) is 4.79 Å². The van der Waals surface area contributed by atoms with Crippen molar-refractivity contribution in [3.05, 3.63) is 41.0 Å². The lowest BCUT2D eigenvalue weighted by atomic mass is 9.99. The molecule has 0 atom stereocenters. The van der Waals surface area contributed by atoms with Crippen LogP contribution in [0.2, 0.25) is 0 Å². The molecule has 0 radical (unpaired) electrons. The number of unbranched alkanes of at least 4 members (excludes halogenated alkanes) is 2. The lowest BCUT2D eigenvalue weighted by molar-refractivity contribution is -0.136. The van der Waals surface area contributed by atoms with Crippen molar-refractivity contribution >= 4 is 11.5 Å². The summed E-state index contributed by atoms with van der Waals surface area (Å²) in [7, 11) is 1.46. The zero-order valence-corrected chi connectivity index (χ0v) is 11.2. The molecule has 1 aromatic carbocycles. The summed E-state index contributed by atoms with van der Waals surface area (Å²) in [5.74, 6) is -0.169. The molecule has 0 unspecified atom stereocenters. The van der Waals surface area contributed by atoms with Crippen LogP contribution < -0.4 is 0 Å². The van der Waals surface area contributed by atoms with Crippen molar-refractivity contribution in [3.63, 3.8) is 0 Å². The molecule has 2 nitrogen and oxygen atoms in total. The summed E-state index contributed by atoms with van der Waals surface area (Å²) in [6, 6.07) is 8.29. The smallest absolute Gasteiger partial charge is 0.334 e. The lowest BCUT2D eigenvalue weighted by Crippen LogP contribution is -2.05. The largest absolute Gasteiger partial charge is 0.466 e. The van der Waals surface area contributed by atoms with Gasteiger partial charge in [-0.15, -0.1) is 0 Å². The molecule has 0 N–H and O–H groups in total. The number of benzene rings is 1. The van der Waals surface area contributed by atoms with E-state index in [-0.39, 0.29) is 5.97 Å². The second kappa shape index (κ2) is 5.85. The maximum atomic E-state index is 11.8. The zero-order chi connectivity index (χ0) is 13.0. The Balaban J connectivity index is 2.27. The van der Waals surface area contributed by atoms with Gasteiger partial charge in [0.25, 0.3) is 0 Å². The Morgan fingerprint density at radius 3 is 2.78 bits per heavy atom. The van der Waals surface area contributed by atoms with Gasteiger partial charge < -0.3 is 4.74 Å². The molecule has 0 fully saturated rings. The van der Waals surface area contributed by atoms with Gasteiger partial charge in [-0.2, -0.15) is 0 Å². The van der Waals surface area contributed by atoms with Crippen molar-refractivity contribution in [2.45, 2.75) is 39.0 Å². The average Bonchev–Trinajstić information content (AvgIpc) is 2.77. The zero-order valence-electron chi connectivity index (χ0n) is 11.2. The normalized spacial score (nSPS) is 13.7. The Kier molecular flexibility index (Phi) is 4.19. The first kappa shape index (κ1) is 12.9. The predicted molar refractivity (Wildman–Crippen MR) is 73.2 cm³/mol. The summed E-state index contributed by atoms with van der Waals surface area (Å²) in [6.45, 7) is 2.19. The molecule has 0 saturated carbocycles. The minimum atomic E-state index is -0.169. The van der Waals surface area contributed by atoms with Crippen LogP contribution in [0.1, 0.15) is 43.7 Å². The van der Waals surface area contributed by atoms with Crippen molar-refractivity contribution in [1.29, 1.82) is 0 Å². The van der Waals surface area contributed by atoms with Crippen LogP contribution in [-0.4, -0.2) is 13.1 Å². The summed E-state index contributed by atoms with van der Waals surface area (Å²) in [4.78, 5) is 11.8. The molecular formula is C16H20O2. The number of carbonyl (C=O) groups is 1. The average molecular weight is 244 g/mol. The Morgan fingerprint density at radius 2 is 2.06 bits per heavy atom. The molecule has 2 rings (SSSR count). The molecule has 0 bridgehead atoms. The molecule has 2 heteroatoms. The first-order valence-corrected chi connectivity index (χ1v) is 6.66. The van der Waals surface area contributed by atoms with Crippen LogP contribution in [-0.2, 0) is 16.0 Å². The van der Waals surface area contributed by atoms with Crippen molar-refractivity contribution in [1.82, 2.24) is 0 Å². The highest BCUT2D eigenvalue weighted by Gasteiger charge is 2.25. The van der Waals surface area contributed by atoms with Crippen LogP contribution in [0.5, 0.6) is 0 Å². The molecule has 18 heavy (non-hydrogen) atoms. The van der Waals surface area contributed by atoms with Crippen LogP contribution in [0.3, 0.4) is 0 Å². The van der Waals surface area contributed by atoms with E-state index < -0.39 is 0 Å². The number of methoxy groups -OCH3 is 1. The van der Waals surface area contributed by atoms with E-state index in [1.54, 1.807) is 0 Å². The van der Waals surface area contributed by atoms with Gasteiger partial charge in [-0.05, 0) is 29.5 Å². The third-order valence-corrected chi connectivity index (χ3v) is 3.54. The molecule has 0 amide bonds. The molecule has 1 aliphatic rings. The van der Waals surface area contributed by atoms with Crippen molar-refractivity contribution in [2.75, 3.05) is 7.11 Å². The quantitative estimate of drug-likeness (QED) is 0.582. The fourth-order valence-electron chi connectivity index (χ4n) is 2.58. The van der Waals surface area contributed by atoms with Gasteiger partial charge in [0.2, 0.25) is 0 Å². The van der Waals surface area contributed by atoms with E-state index in [2.05, 4.69) is 19.1 Å². The second-order valence-corrected chi connectivity index (χ2v) is 4.74. The number of carbonyl (C=O) groups excluding carboxylic acids is 1. The third-order valence-electron chi connectivity index (χ3n) is 3.54. The summed E-state index contributed by atoms with van der Waals surface area (Å²) in [6.07, 6.45) is 5.25. The first-order valence-electron chi connectivity index (χ1n) is 6.66. The summed E-state index contributed by atoms with van der Waals surface area (Å²) in [5, 5.41) is 0. The number of rotatable bonds is 5. The van der Waals surface area contributed by atoms with Crippen molar-refractivity contribution < 1.29 is 9.53 Å². The highest BCUT2D eigenvalue weighted by atomic mass is 16.5. The minimum Gasteiger partial charge on any atom is -0.466 e. The Hall–Kier alpha value is -1.57. The summed E-state index contributed by atoms with van der Waals surface area (Å²) < 4.78 is 4.91. The van der Waals surface area contributed by atoms with E-state index in [1.807, 2.05) is 12.1 Å². The molecule has 1 aromatic rings. The van der Waals surface area contributed by atoms with Gasteiger partial charge in [0.05, 0.1) is 7.11 Å². The SMILES string of the molecule is CCCCCC1=C(C(=O)OC)Cc2ccccc21. The highest BCUT2D eigenvalue weighted by Crippen LogP contribution is 2.36. The van der Waals surface area contributed by atoms with E-state index in [0.717, 1.165) is 24.8 Å². The van der Waals surface area contributed by atoms with E-state index in [9.17, 15) is 4.79 Å². The van der Waals surface area contributed by atoms with Gasteiger partial charge in [0, 0.05) is 12.0 Å². The fraction of sp³-hybridized carbons (Fsp3) is 0.438. The number of allylic oxidation sites excluding steroid dienone is 1. The van der Waals surface area contributed by atoms with Crippen LogP contribution in [0.25, 0.3) is 5.57 Å². The third kappa shape index (κ3) is 2.47. The number of fused-ring (bicyclic) bond motifs is 1. The van der Waals surface area contributed by atoms with Crippen LogP contribution in [0, 0.1) is 0 Å². The molecule has 0 heterocycles. The second-order valence-electron chi connectivity index (χ2n) is 4.74. The van der Waals surface area contributed by atoms with Crippen molar-refractivity contribution in [3.8, 4) is 0 Å². The van der Waals surface area contributed by atoms with Crippen LogP contribution in [0.15, 0.2) is 29.8 Å². The monoisotopic (exact) mass is 244 g/mol. The highest BCUT2D eigenvalue weighted by molar-refractivity contribution is 6.01. The first-order chi connectivity index (χ1) is 8.77. The van der Waals surface area contributed by atoms with Crippen LogP contribution in [0.4, 0.5) is 0 Å². The van der Waals surface area contributed by atoms with Gasteiger partial charge >= 0.3 is 5.97 Å². The topological polar surface area (TPSA) is 26.3 Å². The standard InChI is InChI=1S/C16H20O2/c1-3-4-5-10-14-13-9-7-6-8-12(13)11-15(14)16(17)18-2/h6-9H,3-5,10-11H2,1-2H3. The number of ether oxygens (including phenoxy) is 1. The maximum Gasteiger partial charge on any atom is 0.334 e. The molecule has 0 aromatic heterocycles. The summed E-state index contributed by atoms with van der Waals surface area (Å²) in [5.41, 5.74) is 4.55. The van der Waals surface area contributed by atoms with E-state index in [4.69, 9.17) is 4.74 Å².